The Balaban J connectivity index is 1.92. The molecule has 0 aliphatic heterocycles. The zero-order chi connectivity index (χ0) is 18.5. The summed E-state index contributed by atoms with van der Waals surface area (Å²) in [7, 11) is 0. The molecule has 0 aliphatic rings. The molecule has 6 heteroatoms. The van der Waals surface area contributed by atoms with Crippen molar-refractivity contribution in [3.8, 4) is 17.3 Å². The van der Waals surface area contributed by atoms with Gasteiger partial charge in [-0.3, -0.25) is 9.89 Å². The molecule has 3 N–H and O–H groups in total. The summed E-state index contributed by atoms with van der Waals surface area (Å²) < 4.78 is 0. The molecular formula is C20H19N5O. The van der Waals surface area contributed by atoms with E-state index in [0.717, 1.165) is 28.2 Å². The zero-order valence-corrected chi connectivity index (χ0v) is 14.6. The van der Waals surface area contributed by atoms with Crippen molar-refractivity contribution in [2.24, 2.45) is 0 Å². The van der Waals surface area contributed by atoms with Crippen LogP contribution in [0.15, 0.2) is 54.7 Å². The quantitative estimate of drug-likeness (QED) is 0.649. The molecular weight excluding hydrogens is 326 g/mol. The fraction of sp³-hybridized carbons (Fsp3) is 0.150. The van der Waals surface area contributed by atoms with Crippen molar-refractivity contribution >= 4 is 17.3 Å². The first-order chi connectivity index (χ1) is 12.6. The summed E-state index contributed by atoms with van der Waals surface area (Å²) in [5.74, 6) is -0.119. The number of aromatic nitrogens is 2. The Bertz CT molecular complexity index is 939. The Morgan fingerprint density at radius 2 is 1.96 bits per heavy atom. The van der Waals surface area contributed by atoms with E-state index in [1.165, 1.54) is 6.92 Å². The second-order valence-corrected chi connectivity index (χ2v) is 6.01. The molecule has 0 fully saturated rings. The van der Waals surface area contributed by atoms with Crippen molar-refractivity contribution in [1.29, 1.82) is 5.26 Å². The molecule has 1 amide bonds. The number of amides is 1. The van der Waals surface area contributed by atoms with Gasteiger partial charge in [0, 0.05) is 30.1 Å². The van der Waals surface area contributed by atoms with Crippen LogP contribution in [0.3, 0.4) is 0 Å². The summed E-state index contributed by atoms with van der Waals surface area (Å²) in [4.78, 5) is 11.6. The SMILES string of the molecule is CC(=O)Nc1ccc(-c2ccn[nH]2)cc1[C@@H](C)Nc1ccc(C#N)cc1. The van der Waals surface area contributed by atoms with Crippen LogP contribution >= 0.6 is 0 Å². The number of aromatic amines is 1. The lowest BCUT2D eigenvalue weighted by Gasteiger charge is -2.20. The largest absolute Gasteiger partial charge is 0.378 e. The van der Waals surface area contributed by atoms with Crippen molar-refractivity contribution in [1.82, 2.24) is 10.2 Å². The molecule has 130 valence electrons. The van der Waals surface area contributed by atoms with Crippen LogP contribution in [0.4, 0.5) is 11.4 Å². The smallest absolute Gasteiger partial charge is 0.221 e. The summed E-state index contributed by atoms with van der Waals surface area (Å²) >= 11 is 0. The predicted molar refractivity (Wildman–Crippen MR) is 102 cm³/mol. The molecule has 2 aromatic carbocycles. The maximum Gasteiger partial charge on any atom is 0.221 e. The lowest BCUT2D eigenvalue weighted by Crippen LogP contribution is -2.13. The third-order valence-electron chi connectivity index (χ3n) is 4.04. The normalized spacial score (nSPS) is 11.4. The molecule has 0 bridgehead atoms. The van der Waals surface area contributed by atoms with Crippen LogP contribution < -0.4 is 10.6 Å². The highest BCUT2D eigenvalue weighted by molar-refractivity contribution is 5.90. The van der Waals surface area contributed by atoms with Gasteiger partial charge in [0.1, 0.15) is 0 Å². The van der Waals surface area contributed by atoms with Crippen LogP contribution in [0.5, 0.6) is 0 Å². The molecule has 1 atom stereocenters. The van der Waals surface area contributed by atoms with Gasteiger partial charge in [-0.2, -0.15) is 10.4 Å². The number of nitrogens with one attached hydrogen (secondary N) is 3. The van der Waals surface area contributed by atoms with E-state index < -0.39 is 0 Å². The molecule has 26 heavy (non-hydrogen) atoms. The Morgan fingerprint density at radius 3 is 2.58 bits per heavy atom. The van der Waals surface area contributed by atoms with Gasteiger partial charge in [-0.05, 0) is 55.0 Å². The van der Waals surface area contributed by atoms with Gasteiger partial charge >= 0.3 is 0 Å². The first kappa shape index (κ1) is 17.2. The van der Waals surface area contributed by atoms with Crippen LogP contribution in [-0.2, 0) is 4.79 Å². The standard InChI is InChI=1S/C20H19N5O/c1-13(23-17-6-3-15(12-21)4-7-17)18-11-16(19-9-10-22-25-19)5-8-20(18)24-14(2)26/h3-11,13,23H,1-2H3,(H,22,25)(H,24,26)/t13-/m1/s1. The number of H-pyrrole nitrogens is 1. The second-order valence-electron chi connectivity index (χ2n) is 6.01. The minimum Gasteiger partial charge on any atom is -0.378 e. The maximum atomic E-state index is 11.6. The molecule has 3 aromatic rings. The van der Waals surface area contributed by atoms with Gasteiger partial charge in [0.05, 0.1) is 23.4 Å². The number of anilines is 2. The monoisotopic (exact) mass is 345 g/mol. The van der Waals surface area contributed by atoms with E-state index in [1.807, 2.05) is 43.3 Å². The molecule has 0 radical (unpaired) electrons. The fourth-order valence-electron chi connectivity index (χ4n) is 2.78. The molecule has 0 unspecified atom stereocenters. The highest BCUT2D eigenvalue weighted by atomic mass is 16.1. The molecule has 3 rings (SSSR count). The van der Waals surface area contributed by atoms with Gasteiger partial charge in [-0.15, -0.1) is 0 Å². The van der Waals surface area contributed by atoms with Crippen molar-refractivity contribution < 1.29 is 4.79 Å². The lowest BCUT2D eigenvalue weighted by atomic mass is 10.0. The van der Waals surface area contributed by atoms with E-state index in [1.54, 1.807) is 18.3 Å². The number of benzene rings is 2. The molecule has 0 aliphatic carbocycles. The lowest BCUT2D eigenvalue weighted by molar-refractivity contribution is -0.114. The first-order valence-electron chi connectivity index (χ1n) is 8.25. The predicted octanol–water partition coefficient (Wildman–Crippen LogP) is 4.08. The number of nitrogens with zero attached hydrogens (tertiary/aromatic N) is 2. The average molecular weight is 345 g/mol. The Labute approximate surface area is 151 Å². The van der Waals surface area contributed by atoms with E-state index in [-0.39, 0.29) is 11.9 Å². The zero-order valence-electron chi connectivity index (χ0n) is 14.6. The van der Waals surface area contributed by atoms with Crippen molar-refractivity contribution in [2.75, 3.05) is 10.6 Å². The summed E-state index contributed by atoms with van der Waals surface area (Å²) in [5, 5.41) is 22.1. The Kier molecular flexibility index (Phi) is 4.99. The van der Waals surface area contributed by atoms with Crippen molar-refractivity contribution in [3.63, 3.8) is 0 Å². The van der Waals surface area contributed by atoms with Crippen molar-refractivity contribution in [2.45, 2.75) is 19.9 Å². The van der Waals surface area contributed by atoms with Gasteiger partial charge in [0.2, 0.25) is 5.91 Å². The number of hydrogen-bond donors (Lipinski definition) is 3. The van der Waals surface area contributed by atoms with Crippen LogP contribution in [0.25, 0.3) is 11.3 Å². The molecule has 6 nitrogen and oxygen atoms in total. The Hall–Kier alpha value is -3.59. The van der Waals surface area contributed by atoms with Crippen molar-refractivity contribution in [3.05, 3.63) is 65.9 Å². The topological polar surface area (TPSA) is 93.6 Å². The minimum absolute atomic E-state index is 0.0624. The van der Waals surface area contributed by atoms with Crippen LogP contribution in [0.2, 0.25) is 0 Å². The van der Waals surface area contributed by atoms with E-state index >= 15 is 0 Å². The second kappa shape index (κ2) is 7.53. The van der Waals surface area contributed by atoms with Gasteiger partial charge in [-0.25, -0.2) is 0 Å². The fourth-order valence-corrected chi connectivity index (χ4v) is 2.78. The van der Waals surface area contributed by atoms with Gasteiger partial charge in [0.25, 0.3) is 0 Å². The van der Waals surface area contributed by atoms with E-state index in [0.29, 0.717) is 5.56 Å². The molecule has 1 heterocycles. The maximum absolute atomic E-state index is 11.6. The van der Waals surface area contributed by atoms with Crippen LogP contribution in [-0.4, -0.2) is 16.1 Å². The number of carbonyl (C=O) groups is 1. The summed E-state index contributed by atoms with van der Waals surface area (Å²) in [6.07, 6.45) is 1.70. The summed E-state index contributed by atoms with van der Waals surface area (Å²) in [5.41, 5.74) is 5.12. The number of carbonyl (C=O) groups excluding carboxylic acids is 1. The van der Waals surface area contributed by atoms with E-state index in [4.69, 9.17) is 5.26 Å². The highest BCUT2D eigenvalue weighted by Gasteiger charge is 2.14. The number of nitriles is 1. The third kappa shape index (κ3) is 3.90. The third-order valence-corrected chi connectivity index (χ3v) is 4.04. The van der Waals surface area contributed by atoms with Crippen LogP contribution in [0.1, 0.15) is 31.0 Å². The molecule has 1 aromatic heterocycles. The minimum atomic E-state index is -0.119. The summed E-state index contributed by atoms with van der Waals surface area (Å²) in [6.45, 7) is 3.51. The van der Waals surface area contributed by atoms with Crippen LogP contribution in [0, 0.1) is 11.3 Å². The van der Waals surface area contributed by atoms with Gasteiger partial charge < -0.3 is 10.6 Å². The molecule has 0 spiro atoms. The summed E-state index contributed by atoms with van der Waals surface area (Å²) in [6, 6.07) is 17.1. The van der Waals surface area contributed by atoms with E-state index in [9.17, 15) is 4.79 Å². The number of rotatable bonds is 5. The van der Waals surface area contributed by atoms with Gasteiger partial charge in [-0.1, -0.05) is 6.07 Å². The van der Waals surface area contributed by atoms with Gasteiger partial charge in [0.15, 0.2) is 0 Å². The average Bonchev–Trinajstić information content (AvgIpc) is 3.17. The number of hydrogen-bond acceptors (Lipinski definition) is 4. The Morgan fingerprint density at radius 1 is 1.19 bits per heavy atom. The molecule has 0 saturated heterocycles. The molecule has 0 saturated carbocycles. The first-order valence-corrected chi connectivity index (χ1v) is 8.25. The highest BCUT2D eigenvalue weighted by Crippen LogP contribution is 2.30. The van der Waals surface area contributed by atoms with E-state index in [2.05, 4.69) is 26.9 Å².